The molecule has 2 saturated carbocycles. The van der Waals surface area contributed by atoms with Crippen LogP contribution in [0.15, 0.2) is 127 Å². The highest BCUT2D eigenvalue weighted by Gasteiger charge is 2.24. The summed E-state index contributed by atoms with van der Waals surface area (Å²) in [5.74, 6) is 2.26. The molecular weight excluding hydrogens is 699 g/mol. The molecule has 0 atom stereocenters. The molecule has 1 heterocycles. The van der Waals surface area contributed by atoms with Gasteiger partial charge < -0.3 is 9.64 Å². The number of aryl methyl sites for hydroxylation is 1. The minimum atomic E-state index is 0.678. The van der Waals surface area contributed by atoms with E-state index in [0.717, 1.165) is 12.2 Å². The van der Waals surface area contributed by atoms with E-state index in [-0.39, 0.29) is 0 Å². The summed E-state index contributed by atoms with van der Waals surface area (Å²) in [6.45, 7) is 2.20. The van der Waals surface area contributed by atoms with Crippen LogP contribution in [0.25, 0.3) is 44.1 Å². The van der Waals surface area contributed by atoms with Crippen molar-refractivity contribution in [3.05, 3.63) is 155 Å². The number of ether oxygens (including phenoxy) is 1. The van der Waals surface area contributed by atoms with Crippen LogP contribution in [0.4, 0.5) is 17.1 Å². The van der Waals surface area contributed by atoms with Gasteiger partial charge in [-0.25, -0.2) is 0 Å². The highest BCUT2D eigenvalue weighted by molar-refractivity contribution is 7.16. The summed E-state index contributed by atoms with van der Waals surface area (Å²) in [4.78, 5) is 5.08. The van der Waals surface area contributed by atoms with Crippen LogP contribution in [0.2, 0.25) is 0 Å². The monoisotopic (exact) mass is 751 g/mol. The average Bonchev–Trinajstić information content (AvgIpc) is 3.75. The Morgan fingerprint density at radius 2 is 1.12 bits per heavy atom. The zero-order valence-corrected chi connectivity index (χ0v) is 33.8. The molecule has 9 rings (SSSR count). The summed E-state index contributed by atoms with van der Waals surface area (Å²) < 4.78 is 5.50. The molecule has 56 heavy (non-hydrogen) atoms. The second kappa shape index (κ2) is 16.5. The average molecular weight is 752 g/mol. The summed E-state index contributed by atoms with van der Waals surface area (Å²) in [7, 11) is 1.73. The number of anilines is 3. The minimum absolute atomic E-state index is 0.678. The Kier molecular flexibility index (Phi) is 10.8. The third-order valence-electron chi connectivity index (χ3n) is 12.6. The largest absolute Gasteiger partial charge is 0.497 e. The van der Waals surface area contributed by atoms with Crippen molar-refractivity contribution in [1.29, 1.82) is 0 Å². The van der Waals surface area contributed by atoms with E-state index in [1.54, 1.807) is 7.11 Å². The van der Waals surface area contributed by atoms with Gasteiger partial charge in [-0.15, -0.1) is 11.3 Å². The lowest BCUT2D eigenvalue weighted by Gasteiger charge is -2.30. The van der Waals surface area contributed by atoms with Gasteiger partial charge in [0.05, 0.1) is 12.8 Å². The molecule has 1 aromatic heterocycles. The van der Waals surface area contributed by atoms with Gasteiger partial charge in [0.25, 0.3) is 0 Å². The molecule has 2 aliphatic carbocycles. The van der Waals surface area contributed by atoms with Gasteiger partial charge in [0.2, 0.25) is 0 Å². The Morgan fingerprint density at radius 3 is 1.64 bits per heavy atom. The first-order chi connectivity index (χ1) is 27.7. The van der Waals surface area contributed by atoms with Gasteiger partial charge in [-0.3, -0.25) is 0 Å². The maximum absolute atomic E-state index is 5.50. The molecule has 0 spiro atoms. The van der Waals surface area contributed by atoms with Crippen molar-refractivity contribution in [2.24, 2.45) is 0 Å². The Labute approximate surface area is 337 Å². The molecule has 6 aromatic carbocycles. The van der Waals surface area contributed by atoms with Crippen LogP contribution in [-0.2, 0) is 6.42 Å². The van der Waals surface area contributed by atoms with Crippen LogP contribution in [0.3, 0.4) is 0 Å². The molecular formula is C53H53NOS. The second-order valence-electron chi connectivity index (χ2n) is 16.0. The van der Waals surface area contributed by atoms with Crippen LogP contribution >= 0.6 is 11.3 Å². The van der Waals surface area contributed by atoms with Gasteiger partial charge in [-0.2, -0.15) is 0 Å². The highest BCUT2D eigenvalue weighted by Crippen LogP contribution is 2.49. The lowest BCUT2D eigenvalue weighted by molar-refractivity contribution is 0.414. The SMILES string of the molecule is CCc1cc(OC)ccc1C=Cc1ccc(-c2c3ccccc3c(N(c3ccc(C4CCCCC4)cc3)c3ccc(C4CCCCC4)cc3)c3ccccc23)s1. The smallest absolute Gasteiger partial charge is 0.119 e. The predicted molar refractivity (Wildman–Crippen MR) is 242 cm³/mol. The number of hydrogen-bond donors (Lipinski definition) is 0. The summed E-state index contributed by atoms with van der Waals surface area (Å²) in [5.41, 5.74) is 10.5. The quantitative estimate of drug-likeness (QED) is 0.129. The topological polar surface area (TPSA) is 12.5 Å². The van der Waals surface area contributed by atoms with Crippen molar-refractivity contribution >= 4 is 62.1 Å². The van der Waals surface area contributed by atoms with E-state index in [9.17, 15) is 0 Å². The van der Waals surface area contributed by atoms with Crippen molar-refractivity contribution in [3.63, 3.8) is 0 Å². The molecule has 2 nitrogen and oxygen atoms in total. The molecule has 7 aromatic rings. The van der Waals surface area contributed by atoms with Gasteiger partial charge in [0.1, 0.15) is 5.75 Å². The molecule has 0 aliphatic heterocycles. The Hall–Kier alpha value is -5.12. The molecule has 282 valence electrons. The van der Waals surface area contributed by atoms with Gasteiger partial charge >= 0.3 is 0 Å². The third-order valence-corrected chi connectivity index (χ3v) is 13.7. The van der Waals surface area contributed by atoms with E-state index in [1.807, 2.05) is 11.3 Å². The molecule has 0 bridgehead atoms. The fourth-order valence-corrected chi connectivity index (χ4v) is 10.6. The lowest BCUT2D eigenvalue weighted by atomic mass is 9.84. The van der Waals surface area contributed by atoms with Gasteiger partial charge in [0.15, 0.2) is 0 Å². The lowest BCUT2D eigenvalue weighted by Crippen LogP contribution is -2.12. The second-order valence-corrected chi connectivity index (χ2v) is 17.1. The van der Waals surface area contributed by atoms with Crippen LogP contribution in [-0.4, -0.2) is 7.11 Å². The standard InChI is InChI=1S/C53H53NOS/c1-3-37-36-45(55-2)32-26-40(37)27-33-46-34-35-51(56-46)52-47-18-10-12-20-49(47)53(50-21-13-11-19-48(50)52)54(43-28-22-41(23-29-43)38-14-6-4-7-15-38)44-30-24-42(25-31-44)39-16-8-5-9-17-39/h10-13,18-36,38-39H,3-9,14-17H2,1-2H3. The van der Waals surface area contributed by atoms with Crippen molar-refractivity contribution in [3.8, 4) is 16.2 Å². The summed E-state index contributed by atoms with van der Waals surface area (Å²) in [6.07, 6.45) is 18.9. The number of benzene rings is 6. The Bertz CT molecular complexity index is 2340. The van der Waals surface area contributed by atoms with Crippen LogP contribution in [0.1, 0.15) is 110 Å². The summed E-state index contributed by atoms with van der Waals surface area (Å²) in [6, 6.07) is 48.4. The van der Waals surface area contributed by atoms with E-state index >= 15 is 0 Å². The number of thiophene rings is 1. The highest BCUT2D eigenvalue weighted by atomic mass is 32.1. The van der Waals surface area contributed by atoms with E-state index in [4.69, 9.17) is 4.74 Å². The normalized spacial score (nSPS) is 15.5. The zero-order valence-electron chi connectivity index (χ0n) is 33.0. The van der Waals surface area contributed by atoms with Crippen LogP contribution < -0.4 is 9.64 Å². The summed E-state index contributed by atoms with van der Waals surface area (Å²) >= 11 is 1.87. The fourth-order valence-electron chi connectivity index (χ4n) is 9.61. The van der Waals surface area contributed by atoms with E-state index < -0.39 is 0 Å². The van der Waals surface area contributed by atoms with Gasteiger partial charge in [-0.05, 0) is 132 Å². The Morgan fingerprint density at radius 1 is 0.589 bits per heavy atom. The molecule has 0 saturated heterocycles. The van der Waals surface area contributed by atoms with Crippen molar-refractivity contribution in [2.75, 3.05) is 12.0 Å². The maximum Gasteiger partial charge on any atom is 0.119 e. The van der Waals surface area contributed by atoms with E-state index in [1.165, 1.54) is 140 Å². The third kappa shape index (κ3) is 7.30. The van der Waals surface area contributed by atoms with Crippen LogP contribution in [0, 0.1) is 0 Å². The van der Waals surface area contributed by atoms with Gasteiger partial charge in [-0.1, -0.05) is 130 Å². The van der Waals surface area contributed by atoms with Crippen molar-refractivity contribution in [2.45, 2.75) is 89.4 Å². The van der Waals surface area contributed by atoms with Crippen molar-refractivity contribution < 1.29 is 4.74 Å². The number of methoxy groups -OCH3 is 1. The predicted octanol–water partition coefficient (Wildman–Crippen LogP) is 16.0. The minimum Gasteiger partial charge on any atom is -0.497 e. The van der Waals surface area contributed by atoms with Crippen LogP contribution in [0.5, 0.6) is 5.75 Å². The Balaban J connectivity index is 1.17. The molecule has 2 fully saturated rings. The molecule has 0 unspecified atom stereocenters. The zero-order chi connectivity index (χ0) is 37.8. The molecule has 0 N–H and O–H groups in total. The van der Waals surface area contributed by atoms with E-state index in [2.05, 4.69) is 151 Å². The number of fused-ring (bicyclic) bond motifs is 2. The number of nitrogens with zero attached hydrogens (tertiary/aromatic N) is 1. The molecule has 3 heteroatoms. The molecule has 2 aliphatic rings. The molecule has 0 radical (unpaired) electrons. The van der Waals surface area contributed by atoms with E-state index in [0.29, 0.717) is 11.8 Å². The molecule has 0 amide bonds. The first-order valence-corrected chi connectivity index (χ1v) is 21.9. The number of hydrogen-bond acceptors (Lipinski definition) is 3. The first kappa shape index (κ1) is 36.5. The summed E-state index contributed by atoms with van der Waals surface area (Å²) in [5, 5.41) is 5.10. The fraction of sp³-hybridized carbons (Fsp3) is 0.283. The maximum atomic E-state index is 5.50. The van der Waals surface area contributed by atoms with Gasteiger partial charge in [0, 0.05) is 37.5 Å². The van der Waals surface area contributed by atoms with Crippen molar-refractivity contribution in [1.82, 2.24) is 0 Å². The number of rotatable bonds is 10. The first-order valence-electron chi connectivity index (χ1n) is 21.1.